The van der Waals surface area contributed by atoms with Crippen molar-refractivity contribution in [3.63, 3.8) is 0 Å². The summed E-state index contributed by atoms with van der Waals surface area (Å²) in [4.78, 5) is 14.1. The molecule has 1 atom stereocenters. The Morgan fingerprint density at radius 3 is 2.76 bits per heavy atom. The summed E-state index contributed by atoms with van der Waals surface area (Å²) in [6, 6.07) is 8.50. The number of carbonyl (C=O) groups excluding carboxylic acids is 1. The van der Waals surface area contributed by atoms with Crippen LogP contribution in [0.3, 0.4) is 0 Å². The molecular weight excluding hydrogens is 264 g/mol. The van der Waals surface area contributed by atoms with Gasteiger partial charge in [-0.2, -0.15) is 0 Å². The molecule has 0 radical (unpaired) electrons. The molecule has 2 amide bonds. The van der Waals surface area contributed by atoms with Crippen LogP contribution in [0.4, 0.5) is 4.79 Å². The van der Waals surface area contributed by atoms with Gasteiger partial charge in [-0.25, -0.2) is 4.79 Å². The van der Waals surface area contributed by atoms with Gasteiger partial charge in [0.2, 0.25) is 0 Å². The maximum atomic E-state index is 12.3. The first-order valence-corrected chi connectivity index (χ1v) is 7.81. The van der Waals surface area contributed by atoms with Crippen LogP contribution in [0.1, 0.15) is 43.9 Å². The summed E-state index contributed by atoms with van der Waals surface area (Å²) >= 11 is 0. The molecule has 2 N–H and O–H groups in total. The van der Waals surface area contributed by atoms with E-state index >= 15 is 0 Å². The van der Waals surface area contributed by atoms with Gasteiger partial charge in [0.25, 0.3) is 0 Å². The lowest BCUT2D eigenvalue weighted by molar-refractivity contribution is -0.0460. The fourth-order valence-corrected chi connectivity index (χ4v) is 3.24. The average molecular weight is 288 g/mol. The second-order valence-corrected chi connectivity index (χ2v) is 6.85. The number of likely N-dealkylation sites (tertiary alicyclic amines) is 1. The number of fused-ring (bicyclic) bond motifs is 1. The molecule has 21 heavy (non-hydrogen) atoms. The van der Waals surface area contributed by atoms with Gasteiger partial charge in [0.15, 0.2) is 0 Å². The molecule has 1 fully saturated rings. The Morgan fingerprint density at radius 2 is 2.05 bits per heavy atom. The smallest absolute Gasteiger partial charge is 0.317 e. The minimum Gasteiger partial charge on any atom is -0.390 e. The van der Waals surface area contributed by atoms with E-state index in [2.05, 4.69) is 23.5 Å². The number of hydrogen-bond acceptors (Lipinski definition) is 2. The van der Waals surface area contributed by atoms with Crippen LogP contribution in [-0.2, 0) is 6.42 Å². The zero-order valence-electron chi connectivity index (χ0n) is 12.8. The van der Waals surface area contributed by atoms with Gasteiger partial charge in [-0.1, -0.05) is 24.3 Å². The molecule has 1 aliphatic carbocycles. The molecule has 0 bridgehead atoms. The molecule has 4 heteroatoms. The maximum Gasteiger partial charge on any atom is 0.317 e. The third kappa shape index (κ3) is 2.91. The highest BCUT2D eigenvalue weighted by atomic mass is 16.3. The number of nitrogens with zero attached hydrogens (tertiary/aromatic N) is 1. The van der Waals surface area contributed by atoms with E-state index in [1.165, 1.54) is 11.1 Å². The lowest BCUT2D eigenvalue weighted by atomic mass is 9.84. The maximum absolute atomic E-state index is 12.3. The number of amides is 2. The molecule has 4 nitrogen and oxygen atoms in total. The average Bonchev–Trinajstić information content (AvgIpc) is 2.35. The van der Waals surface area contributed by atoms with E-state index in [4.69, 9.17) is 0 Å². The number of rotatable bonds is 2. The fraction of sp³-hybridized carbons (Fsp3) is 0.588. The lowest BCUT2D eigenvalue weighted by Crippen LogP contribution is -2.60. The van der Waals surface area contributed by atoms with E-state index in [1.54, 1.807) is 4.90 Å². The van der Waals surface area contributed by atoms with Crippen molar-refractivity contribution in [2.45, 2.75) is 44.8 Å². The van der Waals surface area contributed by atoms with Gasteiger partial charge in [0, 0.05) is 19.0 Å². The van der Waals surface area contributed by atoms with Crippen LogP contribution in [-0.4, -0.2) is 34.7 Å². The molecule has 1 aromatic carbocycles. The van der Waals surface area contributed by atoms with Crippen molar-refractivity contribution in [3.8, 4) is 0 Å². The predicted molar refractivity (Wildman–Crippen MR) is 82.0 cm³/mol. The SMILES string of the molecule is CC(C)(O)C1CN(C(=O)NC2CCCc3ccccc32)C1. The molecule has 1 aromatic rings. The van der Waals surface area contributed by atoms with Crippen molar-refractivity contribution in [1.82, 2.24) is 10.2 Å². The van der Waals surface area contributed by atoms with E-state index in [9.17, 15) is 9.90 Å². The highest BCUT2D eigenvalue weighted by Gasteiger charge is 2.40. The van der Waals surface area contributed by atoms with Gasteiger partial charge in [0.05, 0.1) is 11.6 Å². The van der Waals surface area contributed by atoms with Crippen LogP contribution in [0, 0.1) is 5.92 Å². The Morgan fingerprint density at radius 1 is 1.33 bits per heavy atom. The fourth-order valence-electron chi connectivity index (χ4n) is 3.24. The molecule has 1 unspecified atom stereocenters. The quantitative estimate of drug-likeness (QED) is 0.878. The number of nitrogens with one attached hydrogen (secondary N) is 1. The van der Waals surface area contributed by atoms with E-state index in [-0.39, 0.29) is 18.0 Å². The van der Waals surface area contributed by atoms with Gasteiger partial charge < -0.3 is 15.3 Å². The molecule has 0 saturated carbocycles. The first kappa shape index (κ1) is 14.4. The van der Waals surface area contributed by atoms with E-state index in [0.717, 1.165) is 19.3 Å². The van der Waals surface area contributed by atoms with Crippen molar-refractivity contribution in [2.75, 3.05) is 13.1 Å². The summed E-state index contributed by atoms with van der Waals surface area (Å²) in [5.41, 5.74) is 1.91. The summed E-state index contributed by atoms with van der Waals surface area (Å²) in [5, 5.41) is 13.1. The number of benzene rings is 1. The molecule has 0 spiro atoms. The van der Waals surface area contributed by atoms with Crippen LogP contribution < -0.4 is 5.32 Å². The predicted octanol–water partition coefficient (Wildman–Crippen LogP) is 2.48. The summed E-state index contributed by atoms with van der Waals surface area (Å²) in [5.74, 6) is 0.182. The first-order chi connectivity index (χ1) is 9.95. The lowest BCUT2D eigenvalue weighted by Gasteiger charge is -2.45. The topological polar surface area (TPSA) is 52.6 Å². The Balaban J connectivity index is 1.60. The van der Waals surface area contributed by atoms with Gasteiger partial charge in [-0.15, -0.1) is 0 Å². The molecular formula is C17H24N2O2. The van der Waals surface area contributed by atoms with Crippen LogP contribution >= 0.6 is 0 Å². The normalized spacial score (nSPS) is 22.4. The number of urea groups is 1. The molecule has 114 valence electrons. The third-order valence-corrected chi connectivity index (χ3v) is 4.83. The number of aliphatic hydroxyl groups is 1. The summed E-state index contributed by atoms with van der Waals surface area (Å²) < 4.78 is 0. The minimum absolute atomic E-state index is 0.00259. The zero-order valence-corrected chi connectivity index (χ0v) is 12.8. The highest BCUT2D eigenvalue weighted by Crippen LogP contribution is 2.31. The second-order valence-electron chi connectivity index (χ2n) is 6.85. The molecule has 2 aliphatic rings. The zero-order chi connectivity index (χ0) is 15.0. The Hall–Kier alpha value is -1.55. The Labute approximate surface area is 126 Å². The molecule has 1 aliphatic heterocycles. The number of carbonyl (C=O) groups is 1. The molecule has 1 saturated heterocycles. The minimum atomic E-state index is -0.700. The van der Waals surface area contributed by atoms with Crippen molar-refractivity contribution in [3.05, 3.63) is 35.4 Å². The number of aryl methyl sites for hydroxylation is 1. The molecule has 0 aromatic heterocycles. The molecule has 3 rings (SSSR count). The number of hydrogen-bond donors (Lipinski definition) is 2. The van der Waals surface area contributed by atoms with E-state index in [1.807, 2.05) is 19.9 Å². The summed E-state index contributed by atoms with van der Waals surface area (Å²) in [6.45, 7) is 4.90. The van der Waals surface area contributed by atoms with Crippen molar-refractivity contribution in [2.24, 2.45) is 5.92 Å². The third-order valence-electron chi connectivity index (χ3n) is 4.83. The second kappa shape index (κ2) is 5.34. The molecule has 1 heterocycles. The van der Waals surface area contributed by atoms with Crippen LogP contribution in [0.2, 0.25) is 0 Å². The van der Waals surface area contributed by atoms with Gasteiger partial charge in [-0.05, 0) is 44.2 Å². The van der Waals surface area contributed by atoms with Gasteiger partial charge in [-0.3, -0.25) is 0 Å². The van der Waals surface area contributed by atoms with Crippen molar-refractivity contribution >= 4 is 6.03 Å². The first-order valence-electron chi connectivity index (χ1n) is 7.81. The standard InChI is InChI=1S/C17H24N2O2/c1-17(2,21)13-10-19(11-13)16(20)18-15-9-5-7-12-6-3-4-8-14(12)15/h3-4,6,8,13,15,21H,5,7,9-11H2,1-2H3,(H,18,20). The largest absolute Gasteiger partial charge is 0.390 e. The summed E-state index contributed by atoms with van der Waals surface area (Å²) in [7, 11) is 0. The monoisotopic (exact) mass is 288 g/mol. The Bertz CT molecular complexity index is 530. The van der Waals surface area contributed by atoms with Gasteiger partial charge >= 0.3 is 6.03 Å². The Kier molecular flexibility index (Phi) is 3.66. The van der Waals surface area contributed by atoms with E-state index < -0.39 is 5.60 Å². The van der Waals surface area contributed by atoms with Crippen LogP contribution in [0.5, 0.6) is 0 Å². The van der Waals surface area contributed by atoms with Crippen molar-refractivity contribution < 1.29 is 9.90 Å². The van der Waals surface area contributed by atoms with Crippen LogP contribution in [0.25, 0.3) is 0 Å². The van der Waals surface area contributed by atoms with E-state index in [0.29, 0.717) is 13.1 Å². The highest BCUT2D eigenvalue weighted by molar-refractivity contribution is 5.75. The van der Waals surface area contributed by atoms with Crippen molar-refractivity contribution in [1.29, 1.82) is 0 Å². The van der Waals surface area contributed by atoms with Crippen LogP contribution in [0.15, 0.2) is 24.3 Å². The van der Waals surface area contributed by atoms with Gasteiger partial charge in [0.1, 0.15) is 0 Å². The summed E-state index contributed by atoms with van der Waals surface area (Å²) in [6.07, 6.45) is 3.23.